The van der Waals surface area contributed by atoms with Gasteiger partial charge >= 0.3 is 0 Å². The molecular weight excluding hydrogens is 392 g/mol. The number of nitrogens with one attached hydrogen (secondary N) is 1. The summed E-state index contributed by atoms with van der Waals surface area (Å²) in [7, 11) is 3.22. The minimum absolute atomic E-state index is 0.00961. The first-order valence-electron chi connectivity index (χ1n) is 11.2. The van der Waals surface area contributed by atoms with Crippen molar-refractivity contribution in [3.8, 4) is 17.2 Å². The third kappa shape index (κ3) is 4.96. The topological polar surface area (TPSA) is 60.0 Å². The lowest BCUT2D eigenvalue weighted by molar-refractivity contribution is -0.116. The van der Waals surface area contributed by atoms with Gasteiger partial charge in [-0.25, -0.2) is 0 Å². The number of hydrogen-bond acceptors (Lipinski definition) is 5. The van der Waals surface area contributed by atoms with Crippen LogP contribution < -0.4 is 19.5 Å². The molecule has 2 aromatic rings. The van der Waals surface area contributed by atoms with Gasteiger partial charge in [0.05, 0.1) is 20.8 Å². The molecule has 2 aliphatic heterocycles. The Kier molecular flexibility index (Phi) is 6.97. The standard InChI is InChI=1S/C25H32N2O4/c1-29-23-15-20-19(16-25(28)26-21(20)17-24(23)30-2)18-9-4-5-10-22(18)31-14-8-13-27-11-6-3-7-12-27/h4-5,9-10,15,17,19H,3,6-8,11-14,16H2,1-2H3,(H,26,28). The van der Waals surface area contributed by atoms with E-state index in [1.165, 1.54) is 32.4 Å². The maximum absolute atomic E-state index is 12.5. The number of para-hydroxylation sites is 1. The highest BCUT2D eigenvalue weighted by Crippen LogP contribution is 2.45. The monoisotopic (exact) mass is 424 g/mol. The Bertz CT molecular complexity index is 908. The van der Waals surface area contributed by atoms with E-state index in [1.807, 2.05) is 30.3 Å². The lowest BCUT2D eigenvalue weighted by Gasteiger charge is -2.29. The van der Waals surface area contributed by atoms with E-state index < -0.39 is 0 Å². The van der Waals surface area contributed by atoms with Crippen molar-refractivity contribution in [2.45, 2.75) is 38.0 Å². The second-order valence-electron chi connectivity index (χ2n) is 8.24. The molecule has 1 N–H and O–H groups in total. The summed E-state index contributed by atoms with van der Waals surface area (Å²) in [5.41, 5.74) is 2.81. The SMILES string of the molecule is COc1cc2c(cc1OC)C(c1ccccc1OCCCN1CCCCC1)CC(=O)N2. The van der Waals surface area contributed by atoms with Crippen LogP contribution in [0.25, 0.3) is 0 Å². The summed E-state index contributed by atoms with van der Waals surface area (Å²) in [4.78, 5) is 15.0. The van der Waals surface area contributed by atoms with E-state index >= 15 is 0 Å². The molecule has 0 radical (unpaired) electrons. The Morgan fingerprint density at radius 2 is 1.71 bits per heavy atom. The molecule has 1 saturated heterocycles. The van der Waals surface area contributed by atoms with E-state index in [9.17, 15) is 4.79 Å². The predicted molar refractivity (Wildman–Crippen MR) is 121 cm³/mol. The highest BCUT2D eigenvalue weighted by Gasteiger charge is 2.30. The number of fused-ring (bicyclic) bond motifs is 1. The zero-order valence-electron chi connectivity index (χ0n) is 18.5. The van der Waals surface area contributed by atoms with Crippen molar-refractivity contribution >= 4 is 11.6 Å². The van der Waals surface area contributed by atoms with E-state index in [1.54, 1.807) is 14.2 Å². The largest absolute Gasteiger partial charge is 0.493 e. The van der Waals surface area contributed by atoms with Crippen LogP contribution in [0.4, 0.5) is 5.69 Å². The molecule has 31 heavy (non-hydrogen) atoms. The van der Waals surface area contributed by atoms with Crippen LogP contribution in [-0.4, -0.2) is 51.3 Å². The summed E-state index contributed by atoms with van der Waals surface area (Å²) < 4.78 is 17.1. The number of benzene rings is 2. The number of methoxy groups -OCH3 is 2. The molecule has 6 nitrogen and oxygen atoms in total. The maximum atomic E-state index is 12.5. The van der Waals surface area contributed by atoms with Gasteiger partial charge in [0, 0.05) is 36.2 Å². The molecule has 1 amide bonds. The summed E-state index contributed by atoms with van der Waals surface area (Å²) in [6.07, 6.45) is 5.34. The van der Waals surface area contributed by atoms with Gasteiger partial charge in [-0.05, 0) is 50.0 Å². The number of rotatable bonds is 8. The van der Waals surface area contributed by atoms with Crippen molar-refractivity contribution in [1.29, 1.82) is 0 Å². The average molecular weight is 425 g/mol. The average Bonchev–Trinajstić information content (AvgIpc) is 2.81. The van der Waals surface area contributed by atoms with Gasteiger partial charge in [0.1, 0.15) is 5.75 Å². The van der Waals surface area contributed by atoms with E-state index in [0.717, 1.165) is 35.5 Å². The van der Waals surface area contributed by atoms with Crippen LogP contribution in [0.2, 0.25) is 0 Å². The summed E-state index contributed by atoms with van der Waals surface area (Å²) in [5.74, 6) is 2.00. The highest BCUT2D eigenvalue weighted by molar-refractivity contribution is 5.96. The van der Waals surface area contributed by atoms with Crippen LogP contribution >= 0.6 is 0 Å². The molecule has 0 bridgehead atoms. The fourth-order valence-electron chi connectivity index (χ4n) is 4.62. The number of hydrogen-bond donors (Lipinski definition) is 1. The quantitative estimate of drug-likeness (QED) is 0.635. The molecule has 2 heterocycles. The minimum Gasteiger partial charge on any atom is -0.493 e. The first kappa shape index (κ1) is 21.5. The zero-order valence-corrected chi connectivity index (χ0v) is 18.5. The molecule has 4 rings (SSSR count). The Morgan fingerprint density at radius 1 is 0.968 bits per heavy atom. The Hall–Kier alpha value is -2.73. The third-order valence-electron chi connectivity index (χ3n) is 6.21. The van der Waals surface area contributed by atoms with Gasteiger partial charge in [-0.2, -0.15) is 0 Å². The molecule has 0 saturated carbocycles. The molecule has 2 aromatic carbocycles. The Morgan fingerprint density at radius 3 is 2.48 bits per heavy atom. The lowest BCUT2D eigenvalue weighted by atomic mass is 9.84. The van der Waals surface area contributed by atoms with Crippen LogP contribution in [0.1, 0.15) is 49.1 Å². The Balaban J connectivity index is 1.52. The van der Waals surface area contributed by atoms with Gasteiger partial charge in [-0.3, -0.25) is 4.79 Å². The number of anilines is 1. The van der Waals surface area contributed by atoms with Crippen molar-refractivity contribution in [2.75, 3.05) is 45.8 Å². The molecule has 0 aliphatic carbocycles. The van der Waals surface area contributed by atoms with Crippen molar-refractivity contribution in [2.24, 2.45) is 0 Å². The van der Waals surface area contributed by atoms with Crippen molar-refractivity contribution in [1.82, 2.24) is 4.90 Å². The Labute approximate surface area is 184 Å². The highest BCUT2D eigenvalue weighted by atomic mass is 16.5. The van der Waals surface area contributed by atoms with Gasteiger partial charge in [-0.15, -0.1) is 0 Å². The van der Waals surface area contributed by atoms with Gasteiger partial charge in [-0.1, -0.05) is 24.6 Å². The third-order valence-corrected chi connectivity index (χ3v) is 6.21. The molecule has 1 unspecified atom stereocenters. The van der Waals surface area contributed by atoms with Gasteiger partial charge in [0.15, 0.2) is 11.5 Å². The maximum Gasteiger partial charge on any atom is 0.225 e. The van der Waals surface area contributed by atoms with Crippen LogP contribution in [-0.2, 0) is 4.79 Å². The van der Waals surface area contributed by atoms with Crippen molar-refractivity contribution < 1.29 is 19.0 Å². The molecule has 6 heteroatoms. The van der Waals surface area contributed by atoms with E-state index in [4.69, 9.17) is 14.2 Å². The van der Waals surface area contributed by atoms with Crippen LogP contribution in [0.15, 0.2) is 36.4 Å². The fraction of sp³-hybridized carbons (Fsp3) is 0.480. The number of amides is 1. The van der Waals surface area contributed by atoms with Crippen molar-refractivity contribution in [3.63, 3.8) is 0 Å². The molecular formula is C25H32N2O4. The zero-order chi connectivity index (χ0) is 21.6. The molecule has 2 aliphatic rings. The van der Waals surface area contributed by atoms with Gasteiger partial charge in [0.25, 0.3) is 0 Å². The van der Waals surface area contributed by atoms with Crippen LogP contribution in [0.3, 0.4) is 0 Å². The summed E-state index contributed by atoms with van der Waals surface area (Å²) in [6, 6.07) is 11.9. The van der Waals surface area contributed by atoms with E-state index in [2.05, 4.69) is 16.3 Å². The minimum atomic E-state index is -0.0955. The molecule has 166 valence electrons. The fourth-order valence-corrected chi connectivity index (χ4v) is 4.62. The van der Waals surface area contributed by atoms with Crippen LogP contribution in [0.5, 0.6) is 17.2 Å². The first-order chi connectivity index (χ1) is 15.2. The summed E-state index contributed by atoms with van der Waals surface area (Å²) in [5, 5.41) is 2.97. The molecule has 1 fully saturated rings. The number of carbonyl (C=O) groups is 1. The first-order valence-corrected chi connectivity index (χ1v) is 11.2. The lowest BCUT2D eigenvalue weighted by Crippen LogP contribution is -2.31. The van der Waals surface area contributed by atoms with Gasteiger partial charge in [0.2, 0.25) is 5.91 Å². The second kappa shape index (κ2) is 10.1. The van der Waals surface area contributed by atoms with E-state index in [0.29, 0.717) is 24.5 Å². The molecule has 1 atom stereocenters. The second-order valence-corrected chi connectivity index (χ2v) is 8.24. The number of nitrogens with zero attached hydrogens (tertiary/aromatic N) is 1. The van der Waals surface area contributed by atoms with E-state index in [-0.39, 0.29) is 11.8 Å². The number of carbonyl (C=O) groups excluding carboxylic acids is 1. The number of ether oxygens (including phenoxy) is 3. The normalized spacial score (nSPS) is 18.8. The predicted octanol–water partition coefficient (Wildman–Crippen LogP) is 4.43. The summed E-state index contributed by atoms with van der Waals surface area (Å²) in [6.45, 7) is 4.16. The molecule has 0 spiro atoms. The summed E-state index contributed by atoms with van der Waals surface area (Å²) >= 11 is 0. The molecule has 0 aromatic heterocycles. The number of piperidine rings is 1. The van der Waals surface area contributed by atoms with Gasteiger partial charge < -0.3 is 24.4 Å². The van der Waals surface area contributed by atoms with Crippen LogP contribution in [0, 0.1) is 0 Å². The van der Waals surface area contributed by atoms with Crippen molar-refractivity contribution in [3.05, 3.63) is 47.5 Å². The number of likely N-dealkylation sites (tertiary alicyclic amines) is 1. The smallest absolute Gasteiger partial charge is 0.225 e.